The third kappa shape index (κ3) is 3.07. The van der Waals surface area contributed by atoms with E-state index < -0.39 is 0 Å². The Morgan fingerprint density at radius 3 is 2.57 bits per heavy atom. The van der Waals surface area contributed by atoms with Gasteiger partial charge in [0.15, 0.2) is 5.78 Å². The van der Waals surface area contributed by atoms with Gasteiger partial charge in [0.2, 0.25) is 0 Å². The Kier molecular flexibility index (Phi) is 3.65. The zero-order valence-corrected chi connectivity index (χ0v) is 12.3. The lowest BCUT2D eigenvalue weighted by atomic mass is 10.0. The minimum Gasteiger partial charge on any atom is -0.496 e. The van der Waals surface area contributed by atoms with Crippen molar-refractivity contribution >= 4 is 5.78 Å². The second-order valence-corrected chi connectivity index (χ2v) is 5.36. The molecule has 1 fully saturated rings. The molecule has 2 aromatic rings. The van der Waals surface area contributed by atoms with Crippen molar-refractivity contribution in [3.05, 3.63) is 59.2 Å². The van der Waals surface area contributed by atoms with Gasteiger partial charge in [-0.1, -0.05) is 24.3 Å². The first-order chi connectivity index (χ1) is 10.2. The molecule has 0 aromatic heterocycles. The summed E-state index contributed by atoms with van der Waals surface area (Å²) in [5.74, 6) is 1.48. The summed E-state index contributed by atoms with van der Waals surface area (Å²) >= 11 is 0. The number of carbonyl (C=O) groups is 1. The molecular weight excluding hydrogens is 264 g/mol. The Morgan fingerprint density at radius 2 is 1.86 bits per heavy atom. The molecule has 0 bridgehead atoms. The summed E-state index contributed by atoms with van der Waals surface area (Å²) in [6.07, 6.45) is 2.54. The SMILES string of the molecule is COc1cc(C(=O)c2cccc(OC3CC3)c2)ccc1C. The van der Waals surface area contributed by atoms with Crippen LogP contribution in [0.15, 0.2) is 42.5 Å². The van der Waals surface area contributed by atoms with Crippen molar-refractivity contribution in [1.29, 1.82) is 0 Å². The highest BCUT2D eigenvalue weighted by Gasteiger charge is 2.23. The van der Waals surface area contributed by atoms with Crippen LogP contribution in [0.4, 0.5) is 0 Å². The molecule has 1 saturated carbocycles. The van der Waals surface area contributed by atoms with Crippen LogP contribution in [0.5, 0.6) is 11.5 Å². The molecule has 0 spiro atoms. The Bertz CT molecular complexity index is 672. The molecule has 3 rings (SSSR count). The summed E-state index contributed by atoms with van der Waals surface area (Å²) in [7, 11) is 1.61. The fraction of sp³-hybridized carbons (Fsp3) is 0.278. The Labute approximate surface area is 124 Å². The fourth-order valence-electron chi connectivity index (χ4n) is 2.22. The second-order valence-electron chi connectivity index (χ2n) is 5.36. The average molecular weight is 282 g/mol. The van der Waals surface area contributed by atoms with Gasteiger partial charge >= 0.3 is 0 Å². The van der Waals surface area contributed by atoms with Crippen LogP contribution in [-0.2, 0) is 0 Å². The van der Waals surface area contributed by atoms with Gasteiger partial charge in [-0.3, -0.25) is 4.79 Å². The van der Waals surface area contributed by atoms with E-state index in [4.69, 9.17) is 9.47 Å². The highest BCUT2D eigenvalue weighted by Crippen LogP contribution is 2.28. The maximum atomic E-state index is 12.6. The van der Waals surface area contributed by atoms with Crippen molar-refractivity contribution in [3.63, 3.8) is 0 Å². The molecule has 0 amide bonds. The van der Waals surface area contributed by atoms with Crippen LogP contribution in [0.3, 0.4) is 0 Å². The Morgan fingerprint density at radius 1 is 1.10 bits per heavy atom. The molecule has 108 valence electrons. The van der Waals surface area contributed by atoms with Crippen molar-refractivity contribution in [3.8, 4) is 11.5 Å². The number of benzene rings is 2. The number of aryl methyl sites for hydroxylation is 1. The van der Waals surface area contributed by atoms with Gasteiger partial charge in [0.05, 0.1) is 13.2 Å². The summed E-state index contributed by atoms with van der Waals surface area (Å²) in [5.41, 5.74) is 2.28. The lowest BCUT2D eigenvalue weighted by molar-refractivity contribution is 0.103. The molecule has 0 saturated heterocycles. The molecule has 21 heavy (non-hydrogen) atoms. The number of ketones is 1. The first kappa shape index (κ1) is 13.7. The van der Waals surface area contributed by atoms with Crippen molar-refractivity contribution < 1.29 is 14.3 Å². The number of carbonyl (C=O) groups excluding carboxylic acids is 1. The summed E-state index contributed by atoms with van der Waals surface area (Å²) in [4.78, 5) is 12.6. The molecule has 0 aliphatic heterocycles. The van der Waals surface area contributed by atoms with Gasteiger partial charge in [0.1, 0.15) is 11.5 Å². The van der Waals surface area contributed by atoms with Crippen molar-refractivity contribution in [1.82, 2.24) is 0 Å². The minimum atomic E-state index is -0.0189. The minimum absolute atomic E-state index is 0.0189. The van der Waals surface area contributed by atoms with E-state index in [0.717, 1.165) is 29.9 Å². The van der Waals surface area contributed by atoms with E-state index in [1.165, 1.54) is 0 Å². The zero-order chi connectivity index (χ0) is 14.8. The maximum Gasteiger partial charge on any atom is 0.193 e. The van der Waals surface area contributed by atoms with Crippen LogP contribution in [0.2, 0.25) is 0 Å². The Hall–Kier alpha value is -2.29. The van der Waals surface area contributed by atoms with Gasteiger partial charge in [0.25, 0.3) is 0 Å². The second kappa shape index (κ2) is 5.60. The third-order valence-corrected chi connectivity index (χ3v) is 3.59. The van der Waals surface area contributed by atoms with E-state index in [1.807, 2.05) is 43.3 Å². The van der Waals surface area contributed by atoms with Gasteiger partial charge in [0, 0.05) is 11.1 Å². The molecule has 1 aliphatic rings. The largest absolute Gasteiger partial charge is 0.496 e. The monoisotopic (exact) mass is 282 g/mol. The molecular formula is C18H18O3. The molecule has 3 heteroatoms. The number of hydrogen-bond acceptors (Lipinski definition) is 3. The van der Waals surface area contributed by atoms with Crippen LogP contribution < -0.4 is 9.47 Å². The normalized spacial score (nSPS) is 13.8. The summed E-state index contributed by atoms with van der Waals surface area (Å²) in [6.45, 7) is 1.96. The lowest BCUT2D eigenvalue weighted by Gasteiger charge is -2.09. The fourth-order valence-corrected chi connectivity index (χ4v) is 2.22. The zero-order valence-electron chi connectivity index (χ0n) is 12.3. The molecule has 0 heterocycles. The van der Waals surface area contributed by atoms with Crippen molar-refractivity contribution in [2.45, 2.75) is 25.9 Å². The van der Waals surface area contributed by atoms with E-state index in [9.17, 15) is 4.79 Å². The summed E-state index contributed by atoms with van der Waals surface area (Å²) in [6, 6.07) is 12.9. The van der Waals surface area contributed by atoms with Crippen LogP contribution in [0.1, 0.15) is 34.3 Å². The van der Waals surface area contributed by atoms with Gasteiger partial charge in [-0.15, -0.1) is 0 Å². The standard InChI is InChI=1S/C18H18O3/c1-12-6-7-14(11-17(12)20-2)18(19)13-4-3-5-16(10-13)21-15-8-9-15/h3-7,10-11,15H,8-9H2,1-2H3. The lowest BCUT2D eigenvalue weighted by Crippen LogP contribution is -2.03. The van der Waals surface area contributed by atoms with Gasteiger partial charge in [-0.25, -0.2) is 0 Å². The summed E-state index contributed by atoms with van der Waals surface area (Å²) in [5, 5.41) is 0. The maximum absolute atomic E-state index is 12.6. The van der Waals surface area contributed by atoms with Crippen LogP contribution in [-0.4, -0.2) is 19.0 Å². The molecule has 2 aromatic carbocycles. The number of ether oxygens (including phenoxy) is 2. The molecule has 1 aliphatic carbocycles. The predicted octanol–water partition coefficient (Wildman–Crippen LogP) is 3.78. The number of methoxy groups -OCH3 is 1. The molecule has 0 radical (unpaired) electrons. The third-order valence-electron chi connectivity index (χ3n) is 3.59. The Balaban J connectivity index is 1.87. The predicted molar refractivity (Wildman–Crippen MR) is 81.3 cm³/mol. The highest BCUT2D eigenvalue weighted by molar-refractivity contribution is 6.09. The van der Waals surface area contributed by atoms with E-state index in [1.54, 1.807) is 13.2 Å². The number of hydrogen-bond donors (Lipinski definition) is 0. The summed E-state index contributed by atoms with van der Waals surface area (Å²) < 4.78 is 11.0. The van der Waals surface area contributed by atoms with E-state index in [0.29, 0.717) is 17.2 Å². The van der Waals surface area contributed by atoms with Crippen LogP contribution in [0, 0.1) is 6.92 Å². The van der Waals surface area contributed by atoms with Gasteiger partial charge in [-0.2, -0.15) is 0 Å². The van der Waals surface area contributed by atoms with Crippen LogP contribution in [0.25, 0.3) is 0 Å². The highest BCUT2D eigenvalue weighted by atomic mass is 16.5. The first-order valence-corrected chi connectivity index (χ1v) is 7.13. The van der Waals surface area contributed by atoms with Gasteiger partial charge in [-0.05, 0) is 43.5 Å². The van der Waals surface area contributed by atoms with E-state index in [2.05, 4.69) is 0 Å². The molecule has 0 unspecified atom stereocenters. The van der Waals surface area contributed by atoms with E-state index in [-0.39, 0.29) is 5.78 Å². The first-order valence-electron chi connectivity index (χ1n) is 7.13. The average Bonchev–Trinajstić information content (AvgIpc) is 3.31. The molecule has 0 atom stereocenters. The van der Waals surface area contributed by atoms with Crippen LogP contribution >= 0.6 is 0 Å². The smallest absolute Gasteiger partial charge is 0.193 e. The van der Waals surface area contributed by atoms with Crippen molar-refractivity contribution in [2.24, 2.45) is 0 Å². The van der Waals surface area contributed by atoms with E-state index >= 15 is 0 Å². The van der Waals surface area contributed by atoms with Gasteiger partial charge < -0.3 is 9.47 Å². The molecule has 0 N–H and O–H groups in total. The van der Waals surface area contributed by atoms with Crippen molar-refractivity contribution in [2.75, 3.05) is 7.11 Å². The quantitative estimate of drug-likeness (QED) is 0.783. The molecule has 3 nitrogen and oxygen atoms in total. The topological polar surface area (TPSA) is 35.5 Å². The number of rotatable bonds is 5.